The van der Waals surface area contributed by atoms with Crippen molar-refractivity contribution in [1.82, 2.24) is 0 Å². The fourth-order valence-electron chi connectivity index (χ4n) is 1.82. The molecular formula is C14H15BrNO3+. The van der Waals surface area contributed by atoms with Gasteiger partial charge in [0.2, 0.25) is 6.20 Å². The van der Waals surface area contributed by atoms with Crippen LogP contribution in [0.3, 0.4) is 0 Å². The van der Waals surface area contributed by atoms with Gasteiger partial charge in [0.15, 0.2) is 30.0 Å². The lowest BCUT2D eigenvalue weighted by atomic mass is 10.2. The van der Waals surface area contributed by atoms with Crippen molar-refractivity contribution in [3.05, 3.63) is 46.7 Å². The maximum atomic E-state index is 9.47. The molecule has 0 atom stereocenters. The first-order chi connectivity index (χ1) is 9.13. The van der Waals surface area contributed by atoms with Gasteiger partial charge in [0, 0.05) is 16.1 Å². The number of hydrogen-bond donors (Lipinski definition) is 1. The second-order valence-electron chi connectivity index (χ2n) is 4.03. The van der Waals surface area contributed by atoms with Gasteiger partial charge in [-0.05, 0) is 18.2 Å². The van der Waals surface area contributed by atoms with Crippen LogP contribution in [0, 0.1) is 0 Å². The third kappa shape index (κ3) is 3.17. The lowest BCUT2D eigenvalue weighted by Crippen LogP contribution is -2.33. The Labute approximate surface area is 120 Å². The molecule has 1 aromatic carbocycles. The van der Waals surface area contributed by atoms with Crippen molar-refractivity contribution in [2.75, 3.05) is 14.2 Å². The molecule has 0 aliphatic carbocycles. The predicted octanol–water partition coefficient (Wildman–Crippen LogP) is 2.51. The lowest BCUT2D eigenvalue weighted by Gasteiger charge is -2.10. The molecule has 0 bridgehead atoms. The van der Waals surface area contributed by atoms with Gasteiger partial charge in [0.25, 0.3) is 0 Å². The minimum Gasteiger partial charge on any atom is -0.503 e. The Balaban J connectivity index is 2.35. The van der Waals surface area contributed by atoms with Crippen LogP contribution in [0.1, 0.15) is 5.56 Å². The van der Waals surface area contributed by atoms with Crippen LogP contribution in [0.15, 0.2) is 41.1 Å². The molecule has 0 aliphatic heterocycles. The minimum atomic E-state index is 0.235. The van der Waals surface area contributed by atoms with Crippen LogP contribution in [0.2, 0.25) is 0 Å². The van der Waals surface area contributed by atoms with Crippen molar-refractivity contribution in [2.45, 2.75) is 6.54 Å². The number of hydrogen-bond acceptors (Lipinski definition) is 3. The van der Waals surface area contributed by atoms with Crippen LogP contribution < -0.4 is 14.0 Å². The van der Waals surface area contributed by atoms with E-state index < -0.39 is 0 Å². The Bertz CT molecular complexity index is 587. The summed E-state index contributed by atoms with van der Waals surface area (Å²) in [7, 11) is 3.21. The van der Waals surface area contributed by atoms with Crippen molar-refractivity contribution in [3.8, 4) is 17.2 Å². The van der Waals surface area contributed by atoms with Crippen molar-refractivity contribution >= 4 is 15.9 Å². The molecular weight excluding hydrogens is 310 g/mol. The fraction of sp³-hybridized carbons (Fsp3) is 0.214. The summed E-state index contributed by atoms with van der Waals surface area (Å²) in [6, 6.07) is 7.22. The Hall–Kier alpha value is -1.75. The highest BCUT2D eigenvalue weighted by molar-refractivity contribution is 9.10. The summed E-state index contributed by atoms with van der Waals surface area (Å²) in [6.07, 6.45) is 3.56. The number of ether oxygens (including phenoxy) is 2. The number of methoxy groups -OCH3 is 2. The van der Waals surface area contributed by atoms with Crippen LogP contribution >= 0.6 is 15.9 Å². The molecule has 0 amide bonds. The largest absolute Gasteiger partial charge is 0.503 e. The van der Waals surface area contributed by atoms with Gasteiger partial charge in [-0.25, -0.2) is 0 Å². The van der Waals surface area contributed by atoms with Crippen LogP contribution in [0.5, 0.6) is 17.2 Å². The Morgan fingerprint density at radius 3 is 2.53 bits per heavy atom. The summed E-state index contributed by atoms with van der Waals surface area (Å²) in [5.41, 5.74) is 1.04. The number of nitrogens with zero attached hydrogens (tertiary/aromatic N) is 1. The molecule has 4 nitrogen and oxygen atoms in total. The second-order valence-corrected chi connectivity index (χ2v) is 4.89. The summed E-state index contributed by atoms with van der Waals surface area (Å²) in [5, 5.41) is 9.47. The minimum absolute atomic E-state index is 0.235. The summed E-state index contributed by atoms with van der Waals surface area (Å²) < 4.78 is 13.4. The van der Waals surface area contributed by atoms with Crippen LogP contribution in [-0.2, 0) is 6.54 Å². The molecule has 0 radical (unpaired) electrons. The van der Waals surface area contributed by atoms with E-state index in [4.69, 9.17) is 9.47 Å². The molecule has 0 aliphatic rings. The van der Waals surface area contributed by atoms with Gasteiger partial charge in [-0.1, -0.05) is 15.9 Å². The smallest absolute Gasteiger partial charge is 0.211 e. The van der Waals surface area contributed by atoms with E-state index in [9.17, 15) is 5.11 Å². The van der Waals surface area contributed by atoms with Crippen LogP contribution in [0.4, 0.5) is 0 Å². The van der Waals surface area contributed by atoms with E-state index in [2.05, 4.69) is 15.9 Å². The lowest BCUT2D eigenvalue weighted by molar-refractivity contribution is -0.688. The summed E-state index contributed by atoms with van der Waals surface area (Å²) >= 11 is 3.52. The Morgan fingerprint density at radius 2 is 1.89 bits per heavy atom. The maximum Gasteiger partial charge on any atom is 0.211 e. The van der Waals surface area contributed by atoms with Crippen molar-refractivity contribution in [3.63, 3.8) is 0 Å². The van der Waals surface area contributed by atoms with Crippen molar-refractivity contribution in [1.29, 1.82) is 0 Å². The molecule has 0 saturated carbocycles. The van der Waals surface area contributed by atoms with Gasteiger partial charge in [-0.3, -0.25) is 0 Å². The molecule has 1 aromatic heterocycles. The van der Waals surface area contributed by atoms with E-state index in [1.54, 1.807) is 32.5 Å². The zero-order chi connectivity index (χ0) is 13.8. The predicted molar refractivity (Wildman–Crippen MR) is 74.6 cm³/mol. The average Bonchev–Trinajstić information content (AvgIpc) is 2.40. The molecule has 0 fully saturated rings. The monoisotopic (exact) mass is 324 g/mol. The normalized spacial score (nSPS) is 10.3. The molecule has 2 aromatic rings. The zero-order valence-corrected chi connectivity index (χ0v) is 12.3. The van der Waals surface area contributed by atoms with Crippen LogP contribution in [-0.4, -0.2) is 19.3 Å². The Morgan fingerprint density at radius 1 is 1.21 bits per heavy atom. The average molecular weight is 325 g/mol. The number of rotatable bonds is 4. The third-order valence-electron chi connectivity index (χ3n) is 2.75. The number of benzene rings is 1. The molecule has 0 saturated heterocycles. The van der Waals surface area contributed by atoms with Crippen molar-refractivity contribution in [2.24, 2.45) is 0 Å². The van der Waals surface area contributed by atoms with Gasteiger partial charge in [0.1, 0.15) is 0 Å². The molecule has 2 rings (SSSR count). The number of aromatic hydroxyl groups is 1. The van der Waals surface area contributed by atoms with Gasteiger partial charge in [-0.15, -0.1) is 0 Å². The number of halogens is 1. The summed E-state index contributed by atoms with van der Waals surface area (Å²) in [5.74, 6) is 1.60. The van der Waals surface area contributed by atoms with E-state index in [0.717, 1.165) is 10.0 Å². The number of aromatic nitrogens is 1. The van der Waals surface area contributed by atoms with E-state index in [1.807, 2.05) is 22.9 Å². The van der Waals surface area contributed by atoms with Gasteiger partial charge < -0.3 is 14.6 Å². The molecule has 100 valence electrons. The molecule has 19 heavy (non-hydrogen) atoms. The van der Waals surface area contributed by atoms with Gasteiger partial charge >= 0.3 is 0 Å². The van der Waals surface area contributed by atoms with E-state index in [-0.39, 0.29) is 5.75 Å². The number of pyridine rings is 1. The van der Waals surface area contributed by atoms with Gasteiger partial charge in [0.05, 0.1) is 14.2 Å². The molecule has 0 unspecified atom stereocenters. The fourth-order valence-corrected chi connectivity index (χ4v) is 2.27. The molecule has 0 spiro atoms. The topological polar surface area (TPSA) is 42.6 Å². The quantitative estimate of drug-likeness (QED) is 0.879. The van der Waals surface area contributed by atoms with Crippen LogP contribution in [0.25, 0.3) is 0 Å². The highest BCUT2D eigenvalue weighted by Gasteiger charge is 2.13. The van der Waals surface area contributed by atoms with E-state index in [1.165, 1.54) is 0 Å². The first kappa shape index (κ1) is 13.7. The molecule has 5 heteroatoms. The first-order valence-electron chi connectivity index (χ1n) is 5.72. The highest BCUT2D eigenvalue weighted by atomic mass is 79.9. The van der Waals surface area contributed by atoms with Gasteiger partial charge in [-0.2, -0.15) is 4.57 Å². The summed E-state index contributed by atoms with van der Waals surface area (Å²) in [4.78, 5) is 0. The maximum absolute atomic E-state index is 9.47. The highest BCUT2D eigenvalue weighted by Crippen LogP contribution is 2.33. The SMILES string of the molecule is COc1cc(Br)c(C[n+]2cccc(O)c2)cc1OC. The zero-order valence-electron chi connectivity index (χ0n) is 10.8. The van der Waals surface area contributed by atoms with E-state index in [0.29, 0.717) is 18.0 Å². The second kappa shape index (κ2) is 5.93. The van der Waals surface area contributed by atoms with Crippen molar-refractivity contribution < 1.29 is 19.1 Å². The first-order valence-corrected chi connectivity index (χ1v) is 6.52. The molecule has 1 N–H and O–H groups in total. The third-order valence-corrected chi connectivity index (χ3v) is 3.49. The molecule has 1 heterocycles. The van der Waals surface area contributed by atoms with E-state index >= 15 is 0 Å². The standard InChI is InChI=1S/C14H14BrNO3/c1-18-13-6-10(12(15)7-14(13)19-2)8-16-5-3-4-11(17)9-16/h3-7,9H,8H2,1-2H3/p+1. The Kier molecular flexibility index (Phi) is 4.27. The summed E-state index contributed by atoms with van der Waals surface area (Å²) in [6.45, 7) is 0.620.